The van der Waals surface area contributed by atoms with E-state index >= 15 is 0 Å². The summed E-state index contributed by atoms with van der Waals surface area (Å²) in [6, 6.07) is 4.74. The number of anilines is 2. The zero-order valence-corrected chi connectivity index (χ0v) is 17.4. The Bertz CT molecular complexity index is 1120. The second kappa shape index (κ2) is 10.2. The summed E-state index contributed by atoms with van der Waals surface area (Å²) < 4.78 is 5.03. The molecule has 1 saturated heterocycles. The fourth-order valence-corrected chi connectivity index (χ4v) is 3.33. The van der Waals surface area contributed by atoms with Gasteiger partial charge in [0, 0.05) is 24.4 Å². The molecule has 0 saturated carbocycles. The Hall–Kier alpha value is -4.20. The van der Waals surface area contributed by atoms with E-state index in [-0.39, 0.29) is 41.7 Å². The third kappa shape index (κ3) is 5.10. The molecule has 0 spiro atoms. The predicted octanol–water partition coefficient (Wildman–Crippen LogP) is 1.41. The Balaban J connectivity index is 1.72. The number of pyridine rings is 2. The highest BCUT2D eigenvalue weighted by atomic mass is 16.6. The number of hydrogen-bond acceptors (Lipinski definition) is 8. The van der Waals surface area contributed by atoms with Gasteiger partial charge in [-0.1, -0.05) is 0 Å². The lowest BCUT2D eigenvalue weighted by molar-refractivity contribution is -0.105. The highest BCUT2D eigenvalue weighted by Gasteiger charge is 2.30. The Morgan fingerprint density at radius 2 is 2.16 bits per heavy atom. The smallest absolute Gasteiger partial charge is 0.410 e. The first-order chi connectivity index (χ1) is 15.5. The number of nitriles is 1. The second-order valence-corrected chi connectivity index (χ2v) is 7.24. The van der Waals surface area contributed by atoms with E-state index in [0.717, 1.165) is 0 Å². The van der Waals surface area contributed by atoms with Crippen molar-refractivity contribution in [2.24, 2.45) is 0 Å². The minimum atomic E-state index is -0.452. The Kier molecular flexibility index (Phi) is 7.17. The molecule has 2 amide bonds. The van der Waals surface area contributed by atoms with Crippen molar-refractivity contribution in [3.8, 4) is 6.07 Å². The van der Waals surface area contributed by atoms with Crippen LogP contribution in [0.2, 0.25) is 0 Å². The number of carbonyl (C=O) groups excluding carboxylic acids is 3. The number of aryl methyl sites for hydroxylation is 1. The van der Waals surface area contributed by atoms with Gasteiger partial charge in [-0.25, -0.2) is 9.78 Å². The van der Waals surface area contributed by atoms with Crippen molar-refractivity contribution in [2.75, 3.05) is 23.8 Å². The van der Waals surface area contributed by atoms with Gasteiger partial charge in [0.2, 0.25) is 11.8 Å². The van der Waals surface area contributed by atoms with Gasteiger partial charge < -0.3 is 20.4 Å². The molecule has 1 unspecified atom stereocenters. The average Bonchev–Trinajstić information content (AvgIpc) is 3.10. The number of amides is 2. The number of hydrogen-bond donors (Lipinski definition) is 3. The van der Waals surface area contributed by atoms with Crippen molar-refractivity contribution in [2.45, 2.75) is 32.4 Å². The van der Waals surface area contributed by atoms with Crippen LogP contribution in [0.4, 0.5) is 16.4 Å². The lowest BCUT2D eigenvalue weighted by Crippen LogP contribution is -2.31. The molecule has 11 nitrogen and oxygen atoms in total. The van der Waals surface area contributed by atoms with E-state index in [9.17, 15) is 19.2 Å². The predicted molar refractivity (Wildman–Crippen MR) is 114 cm³/mol. The number of cyclic esters (lactones) is 1. The van der Waals surface area contributed by atoms with Crippen molar-refractivity contribution in [1.82, 2.24) is 14.9 Å². The van der Waals surface area contributed by atoms with Crippen LogP contribution in [0.15, 0.2) is 23.1 Å². The number of aromatic amines is 1. The minimum absolute atomic E-state index is 0.0326. The molecule has 166 valence electrons. The summed E-state index contributed by atoms with van der Waals surface area (Å²) in [5, 5.41) is 14.4. The molecule has 2 aromatic rings. The molecule has 0 aliphatic carbocycles. The summed E-state index contributed by atoms with van der Waals surface area (Å²) in [5.74, 6) is 0.756. The molecule has 0 aromatic carbocycles. The quantitative estimate of drug-likeness (QED) is 0.371. The maximum absolute atomic E-state index is 11.9. The van der Waals surface area contributed by atoms with Crippen LogP contribution in [-0.4, -0.2) is 52.9 Å². The van der Waals surface area contributed by atoms with Gasteiger partial charge in [-0.15, -0.1) is 0 Å². The topological polar surface area (TPSA) is 157 Å². The first kappa shape index (κ1) is 22.5. The first-order valence-corrected chi connectivity index (χ1v) is 9.95. The number of carbonyl (C=O) groups is 3. The van der Waals surface area contributed by atoms with Crippen molar-refractivity contribution < 1.29 is 19.1 Å². The summed E-state index contributed by atoms with van der Waals surface area (Å²) in [6.07, 6.45) is 3.08. The van der Waals surface area contributed by atoms with Crippen molar-refractivity contribution in [3.63, 3.8) is 0 Å². The van der Waals surface area contributed by atoms with Gasteiger partial charge in [-0.05, 0) is 31.4 Å². The Labute approximate surface area is 183 Å². The molecule has 11 heteroatoms. The lowest BCUT2D eigenvalue weighted by Gasteiger charge is -2.20. The Morgan fingerprint density at radius 3 is 2.78 bits per heavy atom. The zero-order valence-electron chi connectivity index (χ0n) is 17.4. The molecule has 3 heterocycles. The van der Waals surface area contributed by atoms with Crippen molar-refractivity contribution in [3.05, 3.63) is 50.9 Å². The van der Waals surface area contributed by atoms with E-state index in [1.54, 1.807) is 12.1 Å². The number of nitrogens with one attached hydrogen (secondary N) is 3. The zero-order chi connectivity index (χ0) is 23.1. The van der Waals surface area contributed by atoms with Gasteiger partial charge in [0.15, 0.2) is 6.29 Å². The van der Waals surface area contributed by atoms with E-state index in [1.807, 2.05) is 6.92 Å². The van der Waals surface area contributed by atoms with Crippen LogP contribution >= 0.6 is 0 Å². The van der Waals surface area contributed by atoms with Gasteiger partial charge in [-0.3, -0.25) is 19.3 Å². The third-order valence-electron chi connectivity index (χ3n) is 5.05. The number of aromatic nitrogens is 2. The number of rotatable bonds is 10. The molecule has 1 aliphatic rings. The molecule has 3 rings (SSSR count). The van der Waals surface area contributed by atoms with Crippen LogP contribution in [0.5, 0.6) is 0 Å². The molecule has 0 bridgehead atoms. The van der Waals surface area contributed by atoms with Crippen molar-refractivity contribution >= 4 is 30.4 Å². The third-order valence-corrected chi connectivity index (χ3v) is 5.05. The van der Waals surface area contributed by atoms with E-state index in [0.29, 0.717) is 49.0 Å². The molecule has 1 fully saturated rings. The SMILES string of the molecule is CC1COC(=O)N1Cc1cc(CCCNc2cc(=O)c(C#N)c[nH]2)c(NC=O)nc1C=O. The molecule has 3 N–H and O–H groups in total. The Morgan fingerprint density at radius 1 is 1.34 bits per heavy atom. The van der Waals surface area contributed by atoms with Crippen LogP contribution in [0.3, 0.4) is 0 Å². The fraction of sp³-hybridized carbons (Fsp3) is 0.333. The maximum Gasteiger partial charge on any atom is 0.410 e. The average molecular weight is 438 g/mol. The van der Waals surface area contributed by atoms with E-state index in [1.165, 1.54) is 17.2 Å². The van der Waals surface area contributed by atoms with Gasteiger partial charge in [0.05, 0.1) is 12.6 Å². The van der Waals surface area contributed by atoms with E-state index < -0.39 is 6.09 Å². The van der Waals surface area contributed by atoms with Gasteiger partial charge in [-0.2, -0.15) is 5.26 Å². The monoisotopic (exact) mass is 438 g/mol. The second-order valence-electron chi connectivity index (χ2n) is 7.24. The van der Waals surface area contributed by atoms with Crippen LogP contribution in [0, 0.1) is 11.3 Å². The number of aldehydes is 1. The van der Waals surface area contributed by atoms with E-state index in [2.05, 4.69) is 20.6 Å². The maximum atomic E-state index is 11.9. The van der Waals surface area contributed by atoms with Gasteiger partial charge >= 0.3 is 6.09 Å². The van der Waals surface area contributed by atoms with Crippen molar-refractivity contribution in [1.29, 1.82) is 5.26 Å². The molecule has 32 heavy (non-hydrogen) atoms. The fourth-order valence-electron chi connectivity index (χ4n) is 3.33. The number of nitrogens with zero attached hydrogens (tertiary/aromatic N) is 3. The normalized spacial score (nSPS) is 15.1. The van der Waals surface area contributed by atoms with Gasteiger partial charge in [0.1, 0.15) is 35.6 Å². The summed E-state index contributed by atoms with van der Waals surface area (Å²) in [6.45, 7) is 2.79. The summed E-state index contributed by atoms with van der Waals surface area (Å²) in [7, 11) is 0. The van der Waals surface area contributed by atoms with Gasteiger partial charge in [0.25, 0.3) is 0 Å². The molecular weight excluding hydrogens is 416 g/mol. The number of H-pyrrole nitrogens is 1. The first-order valence-electron chi connectivity index (χ1n) is 9.95. The summed E-state index contributed by atoms with van der Waals surface area (Å²) in [5.41, 5.74) is 1.05. The summed E-state index contributed by atoms with van der Waals surface area (Å²) >= 11 is 0. The highest BCUT2D eigenvalue weighted by molar-refractivity contribution is 5.79. The minimum Gasteiger partial charge on any atom is -0.447 e. The summed E-state index contributed by atoms with van der Waals surface area (Å²) in [4.78, 5) is 54.8. The lowest BCUT2D eigenvalue weighted by atomic mass is 10.0. The molecule has 0 radical (unpaired) electrons. The van der Waals surface area contributed by atoms with Crippen LogP contribution in [-0.2, 0) is 22.5 Å². The van der Waals surface area contributed by atoms with Crippen LogP contribution in [0.25, 0.3) is 0 Å². The highest BCUT2D eigenvalue weighted by Crippen LogP contribution is 2.23. The molecule has 1 atom stereocenters. The largest absolute Gasteiger partial charge is 0.447 e. The van der Waals surface area contributed by atoms with E-state index in [4.69, 9.17) is 10.00 Å². The standard InChI is InChI=1S/C21H22N6O5/c1-13-11-32-21(31)27(13)9-15-5-14(20(25-12-29)26-17(15)10-28)3-2-4-23-19-6-18(30)16(7-22)8-24-19/h5-6,8,10,12-13H,2-4,9,11H2,1H3,(H2,23,24,30)(H,25,26,29). The molecule has 2 aromatic heterocycles. The van der Waals surface area contributed by atoms with Crippen LogP contribution < -0.4 is 16.1 Å². The number of ether oxygens (including phenoxy) is 1. The van der Waals surface area contributed by atoms with Crippen LogP contribution in [0.1, 0.15) is 40.5 Å². The molecule has 1 aliphatic heterocycles. The molecular formula is C21H22N6O5.